The molecule has 0 atom stereocenters. The van der Waals surface area contributed by atoms with Gasteiger partial charge in [-0.2, -0.15) is 4.57 Å². The predicted octanol–water partition coefficient (Wildman–Crippen LogP) is 1.56. The number of nitrogens with zero attached hydrogens (tertiary/aromatic N) is 2. The maximum Gasteiger partial charge on any atom is 0.378 e. The van der Waals surface area contributed by atoms with Crippen LogP contribution in [0, 0.1) is 11.3 Å². The van der Waals surface area contributed by atoms with Gasteiger partial charge in [0, 0.05) is 6.04 Å². The molecule has 2 aliphatic carbocycles. The monoisotopic (exact) mass is 386 g/mol. The van der Waals surface area contributed by atoms with E-state index >= 15 is 0 Å². The Bertz CT molecular complexity index is 1030. The number of aromatic amines is 1. The van der Waals surface area contributed by atoms with Crippen molar-refractivity contribution in [2.45, 2.75) is 59.0 Å². The van der Waals surface area contributed by atoms with E-state index in [9.17, 15) is 14.7 Å². The van der Waals surface area contributed by atoms with Gasteiger partial charge in [0.1, 0.15) is 5.56 Å². The number of fused-ring (bicyclic) bond motifs is 1. The van der Waals surface area contributed by atoms with Crippen LogP contribution in [-0.4, -0.2) is 26.7 Å². The summed E-state index contributed by atoms with van der Waals surface area (Å²) in [5.41, 5.74) is 6.22. The van der Waals surface area contributed by atoms with E-state index < -0.39 is 11.5 Å². The molecule has 0 bridgehead atoms. The molecule has 28 heavy (non-hydrogen) atoms. The fraction of sp³-hybridized carbons (Fsp3) is 0.550. The van der Waals surface area contributed by atoms with Gasteiger partial charge in [0.2, 0.25) is 5.56 Å². The van der Waals surface area contributed by atoms with Crippen LogP contribution in [0.5, 0.6) is 5.88 Å². The van der Waals surface area contributed by atoms with Gasteiger partial charge in [0.05, 0.1) is 6.54 Å². The highest BCUT2D eigenvalue weighted by molar-refractivity contribution is 5.96. The lowest BCUT2D eigenvalue weighted by molar-refractivity contribution is -0.692. The zero-order valence-electron chi connectivity index (χ0n) is 16.6. The molecule has 2 aromatic rings. The number of carbonyl (C=O) groups is 1. The molecular formula is C20H28N5O3+. The number of hydrogen-bond acceptors (Lipinski definition) is 4. The molecule has 0 spiro atoms. The SMILES string of the molecule is CC(C)(C)C[n+]1c(O)c(C(=O)NC2CC2)c(=O)n2[nH]c(N)c(/C=C/C3CC3)c21. The molecule has 2 saturated carbocycles. The van der Waals surface area contributed by atoms with Gasteiger partial charge < -0.3 is 16.2 Å². The molecule has 1 amide bonds. The number of nitrogen functional groups attached to an aromatic ring is 1. The Morgan fingerprint density at radius 1 is 1.36 bits per heavy atom. The molecule has 150 valence electrons. The fourth-order valence-electron chi connectivity index (χ4n) is 3.32. The van der Waals surface area contributed by atoms with E-state index in [1.807, 2.05) is 26.8 Å². The number of nitrogens with one attached hydrogen (secondary N) is 2. The summed E-state index contributed by atoms with van der Waals surface area (Å²) in [4.78, 5) is 25.7. The Balaban J connectivity index is 1.94. The zero-order valence-corrected chi connectivity index (χ0v) is 16.6. The lowest BCUT2D eigenvalue weighted by atomic mass is 9.96. The predicted molar refractivity (Wildman–Crippen MR) is 106 cm³/mol. The summed E-state index contributed by atoms with van der Waals surface area (Å²) in [6, 6.07) is 0.0776. The zero-order chi connectivity index (χ0) is 20.2. The van der Waals surface area contributed by atoms with Crippen LogP contribution in [0.15, 0.2) is 10.9 Å². The van der Waals surface area contributed by atoms with Crippen molar-refractivity contribution in [2.24, 2.45) is 11.3 Å². The van der Waals surface area contributed by atoms with Gasteiger partial charge in [0.15, 0.2) is 5.82 Å². The Morgan fingerprint density at radius 2 is 2.04 bits per heavy atom. The van der Waals surface area contributed by atoms with Crippen molar-refractivity contribution < 1.29 is 14.5 Å². The first-order valence-corrected chi connectivity index (χ1v) is 9.84. The minimum atomic E-state index is -0.603. The summed E-state index contributed by atoms with van der Waals surface area (Å²) in [5, 5.41) is 16.6. The van der Waals surface area contributed by atoms with E-state index in [1.165, 1.54) is 4.52 Å². The van der Waals surface area contributed by atoms with Crippen LogP contribution in [0.1, 0.15) is 62.4 Å². The van der Waals surface area contributed by atoms with Gasteiger partial charge in [-0.1, -0.05) is 31.4 Å². The van der Waals surface area contributed by atoms with Crippen molar-refractivity contribution in [3.8, 4) is 5.88 Å². The van der Waals surface area contributed by atoms with Crippen LogP contribution < -0.4 is 21.2 Å². The van der Waals surface area contributed by atoms with Crippen LogP contribution in [0.25, 0.3) is 11.7 Å². The summed E-state index contributed by atoms with van der Waals surface area (Å²) in [5.74, 6) is -0.00594. The number of nitrogens with two attached hydrogens (primary N) is 1. The lowest BCUT2D eigenvalue weighted by Crippen LogP contribution is -2.47. The summed E-state index contributed by atoms with van der Waals surface area (Å²) < 4.78 is 2.89. The standard InChI is InChI=1S/C20H27N5O3/c1-20(2,3)10-24-17-13(9-6-11-4-5-11)15(21)23-25(17)19(28)14(18(24)27)16(26)22-12-7-8-12/h6,9,11-12H,4-5,7-8,10H2,1-3H3,(H4,21,22,23,26,27,28)/p+1/b9-6+. The molecule has 8 nitrogen and oxygen atoms in total. The Labute approximate surface area is 163 Å². The van der Waals surface area contributed by atoms with Gasteiger partial charge in [-0.15, -0.1) is 0 Å². The minimum absolute atomic E-state index is 0.0776. The summed E-state index contributed by atoms with van der Waals surface area (Å²) in [7, 11) is 0. The molecular weight excluding hydrogens is 358 g/mol. The van der Waals surface area contributed by atoms with E-state index in [1.54, 1.807) is 4.57 Å². The highest BCUT2D eigenvalue weighted by Crippen LogP contribution is 2.32. The molecule has 2 heterocycles. The molecule has 0 aliphatic heterocycles. The second-order valence-corrected chi connectivity index (χ2v) is 9.19. The quantitative estimate of drug-likeness (QED) is 0.584. The third-order valence-corrected chi connectivity index (χ3v) is 5.06. The van der Waals surface area contributed by atoms with Crippen molar-refractivity contribution in [1.29, 1.82) is 0 Å². The van der Waals surface area contributed by atoms with Gasteiger partial charge in [-0.25, -0.2) is 9.89 Å². The number of allylic oxidation sites excluding steroid dienone is 1. The van der Waals surface area contributed by atoms with Crippen LogP contribution in [-0.2, 0) is 6.54 Å². The maximum atomic E-state index is 13.0. The second kappa shape index (κ2) is 6.39. The third-order valence-electron chi connectivity index (χ3n) is 5.06. The van der Waals surface area contributed by atoms with Crippen molar-refractivity contribution in [1.82, 2.24) is 14.9 Å². The number of carbonyl (C=O) groups excluding carboxylic acids is 1. The average molecular weight is 386 g/mol. The first-order valence-electron chi connectivity index (χ1n) is 9.84. The first kappa shape index (κ1) is 18.6. The van der Waals surface area contributed by atoms with Crippen LogP contribution >= 0.6 is 0 Å². The van der Waals surface area contributed by atoms with Crippen molar-refractivity contribution in [2.75, 3.05) is 5.73 Å². The largest absolute Gasteiger partial charge is 0.477 e. The minimum Gasteiger partial charge on any atom is -0.477 e. The molecule has 0 radical (unpaired) electrons. The van der Waals surface area contributed by atoms with E-state index in [0.29, 0.717) is 29.5 Å². The molecule has 8 heteroatoms. The maximum absolute atomic E-state index is 13.0. The van der Waals surface area contributed by atoms with Gasteiger partial charge in [0.25, 0.3) is 5.91 Å². The smallest absolute Gasteiger partial charge is 0.378 e. The highest BCUT2D eigenvalue weighted by atomic mass is 16.3. The molecule has 0 aromatic carbocycles. The van der Waals surface area contributed by atoms with Crippen molar-refractivity contribution >= 4 is 23.4 Å². The highest BCUT2D eigenvalue weighted by Gasteiger charge is 2.36. The van der Waals surface area contributed by atoms with E-state index in [2.05, 4.69) is 16.5 Å². The van der Waals surface area contributed by atoms with Gasteiger partial charge in [-0.3, -0.25) is 4.79 Å². The number of aromatic nitrogens is 3. The molecule has 2 fully saturated rings. The lowest BCUT2D eigenvalue weighted by Gasteiger charge is -2.18. The second-order valence-electron chi connectivity index (χ2n) is 9.19. The molecule has 2 aromatic heterocycles. The number of rotatable bonds is 5. The van der Waals surface area contributed by atoms with Crippen LogP contribution in [0.3, 0.4) is 0 Å². The number of anilines is 1. The number of H-pyrrole nitrogens is 1. The van der Waals surface area contributed by atoms with Crippen molar-refractivity contribution in [3.05, 3.63) is 27.6 Å². The number of aromatic hydroxyl groups is 1. The molecule has 2 aliphatic rings. The molecule has 0 saturated heterocycles. The van der Waals surface area contributed by atoms with E-state index in [0.717, 1.165) is 25.7 Å². The van der Waals surface area contributed by atoms with Crippen LogP contribution in [0.2, 0.25) is 0 Å². The van der Waals surface area contributed by atoms with Crippen LogP contribution in [0.4, 0.5) is 5.82 Å². The normalized spacial score (nSPS) is 17.5. The van der Waals surface area contributed by atoms with Crippen molar-refractivity contribution in [3.63, 3.8) is 0 Å². The number of amides is 1. The Morgan fingerprint density at radius 3 is 2.61 bits per heavy atom. The van der Waals surface area contributed by atoms with E-state index in [4.69, 9.17) is 5.73 Å². The third kappa shape index (κ3) is 3.50. The molecule has 4 rings (SSSR count). The summed E-state index contributed by atoms with van der Waals surface area (Å²) >= 11 is 0. The molecule has 0 unspecified atom stereocenters. The Kier molecular flexibility index (Phi) is 4.24. The summed E-state index contributed by atoms with van der Waals surface area (Å²) in [6.07, 6.45) is 8.07. The van der Waals surface area contributed by atoms with Gasteiger partial charge >= 0.3 is 17.1 Å². The van der Waals surface area contributed by atoms with E-state index in [-0.39, 0.29) is 22.9 Å². The fourth-order valence-corrected chi connectivity index (χ4v) is 3.32. The average Bonchev–Trinajstić information content (AvgIpc) is 3.50. The molecule has 5 N–H and O–H groups in total. The van der Waals surface area contributed by atoms with Gasteiger partial charge in [-0.05, 0) is 43.1 Å². The topological polar surface area (TPSA) is 116 Å². The first-order chi connectivity index (χ1) is 13.2. The summed E-state index contributed by atoms with van der Waals surface area (Å²) in [6.45, 7) is 6.50. The Hall–Kier alpha value is -2.77. The number of hydrogen-bond donors (Lipinski definition) is 4.